The van der Waals surface area contributed by atoms with Crippen molar-refractivity contribution < 1.29 is 28.7 Å². The molecule has 0 spiro atoms. The van der Waals surface area contributed by atoms with Crippen LogP contribution in [0.1, 0.15) is 27.1 Å². The number of hydrogen-bond acceptors (Lipinski definition) is 7. The highest BCUT2D eigenvalue weighted by Gasteiger charge is 2.36. The molecule has 9 heteroatoms. The highest BCUT2D eigenvalue weighted by atomic mass is 32.2. The number of ether oxygens (including phenoxy) is 2. The third kappa shape index (κ3) is 3.67. The summed E-state index contributed by atoms with van der Waals surface area (Å²) in [6.45, 7) is -0.0415. The Bertz CT molecular complexity index is 718. The summed E-state index contributed by atoms with van der Waals surface area (Å²) in [5, 5.41) is 2.63. The van der Waals surface area contributed by atoms with Crippen LogP contribution in [-0.2, 0) is 14.3 Å². The van der Waals surface area contributed by atoms with Gasteiger partial charge in [0.15, 0.2) is 0 Å². The second-order valence-corrected chi connectivity index (χ2v) is 6.94. The minimum Gasteiger partial charge on any atom is -0.459 e. The summed E-state index contributed by atoms with van der Waals surface area (Å²) in [5.41, 5.74) is 0.695. The number of imide groups is 1. The highest BCUT2D eigenvalue weighted by Crippen LogP contribution is 2.24. The molecule has 0 bridgehead atoms. The van der Waals surface area contributed by atoms with Crippen LogP contribution in [0.25, 0.3) is 0 Å². The molecule has 138 valence electrons. The summed E-state index contributed by atoms with van der Waals surface area (Å²) < 4.78 is 9.95. The molecule has 1 N–H and O–H groups in total. The first-order valence-electron chi connectivity index (χ1n) is 8.08. The highest BCUT2D eigenvalue weighted by molar-refractivity contribution is 7.99. The van der Waals surface area contributed by atoms with Crippen molar-refractivity contribution in [2.24, 2.45) is 0 Å². The van der Waals surface area contributed by atoms with Crippen molar-refractivity contribution in [2.75, 3.05) is 25.2 Å². The molecule has 2 atom stereocenters. The van der Waals surface area contributed by atoms with Crippen LogP contribution in [0.5, 0.6) is 0 Å². The standard InChI is InChI=1S/C17H18N2O6S/c1-24-17(23)18-12-8-26-9-13(12)25-14(20)6-7-19-15(21)10-4-2-3-5-11(10)16(19)22/h2-5,12-13H,6-9H2,1H3,(H,18,23)/t12-,13+/m1/s1. The van der Waals surface area contributed by atoms with Crippen LogP contribution in [0, 0.1) is 0 Å². The predicted molar refractivity (Wildman–Crippen MR) is 93.0 cm³/mol. The van der Waals surface area contributed by atoms with Gasteiger partial charge in [-0.3, -0.25) is 19.3 Å². The maximum atomic E-state index is 12.3. The first kappa shape index (κ1) is 18.2. The van der Waals surface area contributed by atoms with Crippen LogP contribution in [0.2, 0.25) is 0 Å². The number of rotatable bonds is 5. The number of nitrogens with one attached hydrogen (secondary N) is 1. The Morgan fingerprint density at radius 2 is 1.85 bits per heavy atom. The number of benzene rings is 1. The number of nitrogens with zero attached hydrogens (tertiary/aromatic N) is 1. The number of methoxy groups -OCH3 is 1. The molecule has 3 amide bonds. The van der Waals surface area contributed by atoms with E-state index in [9.17, 15) is 19.2 Å². The van der Waals surface area contributed by atoms with Crippen LogP contribution in [0.15, 0.2) is 24.3 Å². The van der Waals surface area contributed by atoms with Gasteiger partial charge in [-0.2, -0.15) is 11.8 Å². The Morgan fingerprint density at radius 1 is 1.19 bits per heavy atom. The monoisotopic (exact) mass is 378 g/mol. The summed E-state index contributed by atoms with van der Waals surface area (Å²) >= 11 is 1.55. The van der Waals surface area contributed by atoms with Gasteiger partial charge < -0.3 is 14.8 Å². The molecule has 3 rings (SSSR count). The second kappa shape index (κ2) is 7.77. The zero-order valence-corrected chi connectivity index (χ0v) is 14.9. The van der Waals surface area contributed by atoms with Crippen LogP contribution < -0.4 is 5.32 Å². The van der Waals surface area contributed by atoms with E-state index in [1.165, 1.54) is 7.11 Å². The predicted octanol–water partition coefficient (Wildman–Crippen LogP) is 1.06. The summed E-state index contributed by atoms with van der Waals surface area (Å²) in [6.07, 6.45) is -1.14. The molecule has 1 aromatic rings. The number of carbonyl (C=O) groups is 4. The first-order valence-corrected chi connectivity index (χ1v) is 9.23. The first-order chi connectivity index (χ1) is 12.5. The van der Waals surface area contributed by atoms with E-state index in [0.717, 1.165) is 4.90 Å². The number of alkyl carbamates (subject to hydrolysis) is 1. The minimum absolute atomic E-state index is 0.0415. The minimum atomic E-state index is -0.579. The van der Waals surface area contributed by atoms with Gasteiger partial charge in [-0.15, -0.1) is 0 Å². The van der Waals surface area contributed by atoms with Gasteiger partial charge in [0.05, 0.1) is 30.7 Å². The number of thioether (sulfide) groups is 1. The van der Waals surface area contributed by atoms with Crippen molar-refractivity contribution in [3.63, 3.8) is 0 Å². The molecule has 1 fully saturated rings. The molecule has 26 heavy (non-hydrogen) atoms. The van der Waals surface area contributed by atoms with Crippen molar-refractivity contribution >= 4 is 35.6 Å². The number of fused-ring (bicyclic) bond motifs is 1. The number of amides is 3. The lowest BCUT2D eigenvalue weighted by molar-refractivity contribution is -0.148. The molecular formula is C17H18N2O6S. The molecule has 8 nitrogen and oxygen atoms in total. The molecule has 2 aliphatic heterocycles. The average Bonchev–Trinajstić information content (AvgIpc) is 3.16. The van der Waals surface area contributed by atoms with E-state index in [1.54, 1.807) is 36.0 Å². The zero-order chi connectivity index (χ0) is 18.7. The van der Waals surface area contributed by atoms with E-state index >= 15 is 0 Å². The molecule has 0 radical (unpaired) electrons. The van der Waals surface area contributed by atoms with Gasteiger partial charge in [0.1, 0.15) is 6.10 Å². The molecule has 0 aromatic heterocycles. The normalized spacial score (nSPS) is 21.5. The maximum absolute atomic E-state index is 12.3. The van der Waals surface area contributed by atoms with Gasteiger partial charge >= 0.3 is 12.1 Å². The number of carbonyl (C=O) groups excluding carboxylic acids is 4. The topological polar surface area (TPSA) is 102 Å². The molecule has 1 saturated heterocycles. The van der Waals surface area contributed by atoms with Gasteiger partial charge in [0.25, 0.3) is 11.8 Å². The Morgan fingerprint density at radius 3 is 2.46 bits per heavy atom. The number of esters is 1. The lowest BCUT2D eigenvalue weighted by Gasteiger charge is -2.20. The lowest BCUT2D eigenvalue weighted by Crippen LogP contribution is -2.44. The van der Waals surface area contributed by atoms with Crippen molar-refractivity contribution in [3.8, 4) is 0 Å². The van der Waals surface area contributed by atoms with Gasteiger partial charge in [-0.05, 0) is 12.1 Å². The molecule has 2 aliphatic rings. The molecule has 0 unspecified atom stereocenters. The quantitative estimate of drug-likeness (QED) is 0.604. The van der Waals surface area contributed by atoms with Crippen LogP contribution in [0.4, 0.5) is 4.79 Å². The van der Waals surface area contributed by atoms with Crippen molar-refractivity contribution in [3.05, 3.63) is 35.4 Å². The third-order valence-electron chi connectivity index (χ3n) is 4.22. The Kier molecular flexibility index (Phi) is 5.46. The molecule has 0 aliphatic carbocycles. The number of hydrogen-bond donors (Lipinski definition) is 1. The van der Waals surface area contributed by atoms with Crippen LogP contribution in [0.3, 0.4) is 0 Å². The molecule has 0 saturated carbocycles. The Labute approximate surface area is 154 Å². The summed E-state index contributed by atoms with van der Waals surface area (Å²) in [6, 6.07) is 6.23. The Balaban J connectivity index is 1.53. The van der Waals surface area contributed by atoms with E-state index in [4.69, 9.17) is 4.74 Å². The van der Waals surface area contributed by atoms with Gasteiger partial charge in [0, 0.05) is 18.1 Å². The van der Waals surface area contributed by atoms with Crippen molar-refractivity contribution in [1.29, 1.82) is 0 Å². The second-order valence-electron chi connectivity index (χ2n) is 5.87. The zero-order valence-electron chi connectivity index (χ0n) is 14.1. The van der Waals surface area contributed by atoms with E-state index in [-0.39, 0.29) is 19.0 Å². The summed E-state index contributed by atoms with van der Waals surface area (Å²) in [4.78, 5) is 49.0. The maximum Gasteiger partial charge on any atom is 0.407 e. The molecular weight excluding hydrogens is 360 g/mol. The molecule has 2 heterocycles. The smallest absolute Gasteiger partial charge is 0.407 e. The van der Waals surface area contributed by atoms with E-state index < -0.39 is 30.0 Å². The fourth-order valence-corrected chi connectivity index (χ4v) is 4.09. The van der Waals surface area contributed by atoms with Gasteiger partial charge in [-0.1, -0.05) is 12.1 Å². The van der Waals surface area contributed by atoms with Gasteiger partial charge in [0.2, 0.25) is 0 Å². The average molecular weight is 378 g/mol. The third-order valence-corrected chi connectivity index (χ3v) is 5.38. The van der Waals surface area contributed by atoms with Gasteiger partial charge in [-0.25, -0.2) is 4.79 Å². The van der Waals surface area contributed by atoms with E-state index in [1.807, 2.05) is 0 Å². The SMILES string of the molecule is COC(=O)N[C@@H]1CSC[C@@H]1OC(=O)CCN1C(=O)c2ccccc2C1=O. The van der Waals surface area contributed by atoms with Crippen molar-refractivity contribution in [1.82, 2.24) is 10.2 Å². The van der Waals surface area contributed by atoms with Crippen LogP contribution in [-0.4, -0.2) is 66.1 Å². The van der Waals surface area contributed by atoms with E-state index in [0.29, 0.717) is 22.6 Å². The lowest BCUT2D eigenvalue weighted by atomic mass is 10.1. The fraction of sp³-hybridized carbons (Fsp3) is 0.412. The largest absolute Gasteiger partial charge is 0.459 e. The summed E-state index contributed by atoms with van der Waals surface area (Å²) in [7, 11) is 1.26. The van der Waals surface area contributed by atoms with Crippen molar-refractivity contribution in [2.45, 2.75) is 18.6 Å². The summed E-state index contributed by atoms with van der Waals surface area (Å²) in [5.74, 6) is -0.148. The molecule has 1 aromatic carbocycles. The van der Waals surface area contributed by atoms with Crippen LogP contribution >= 0.6 is 11.8 Å². The Hall–Kier alpha value is -2.55. The fourth-order valence-electron chi connectivity index (χ4n) is 2.87. The van der Waals surface area contributed by atoms with E-state index in [2.05, 4.69) is 10.1 Å².